The molecule has 1 aromatic heterocycles. The maximum absolute atomic E-state index is 10.7. The highest BCUT2D eigenvalue weighted by Gasteiger charge is 2.23. The highest BCUT2D eigenvalue weighted by molar-refractivity contribution is 5.65. The average molecular weight is 322 g/mol. The first kappa shape index (κ1) is 17.1. The number of hydrogen-bond donors (Lipinski definition) is 5. The van der Waals surface area contributed by atoms with Gasteiger partial charge in [-0.15, -0.1) is 0 Å². The van der Waals surface area contributed by atoms with Crippen molar-refractivity contribution in [3.05, 3.63) is 6.20 Å². The molecule has 0 saturated heterocycles. The molecule has 0 aromatic carbocycles. The van der Waals surface area contributed by atoms with Crippen molar-refractivity contribution in [3.8, 4) is 0 Å². The summed E-state index contributed by atoms with van der Waals surface area (Å²) in [6.45, 7) is 6.11. The van der Waals surface area contributed by atoms with E-state index in [0.717, 1.165) is 25.7 Å². The van der Waals surface area contributed by atoms with Gasteiger partial charge in [0.05, 0.1) is 11.9 Å². The fourth-order valence-corrected chi connectivity index (χ4v) is 2.65. The van der Waals surface area contributed by atoms with E-state index in [1.165, 1.54) is 0 Å². The maximum Gasteiger partial charge on any atom is 0.404 e. The summed E-state index contributed by atoms with van der Waals surface area (Å²) >= 11 is 0. The molecule has 0 aliphatic heterocycles. The molecule has 1 aliphatic rings. The number of rotatable bonds is 4. The molecule has 0 radical (unpaired) electrons. The standard InChI is InChI=1S/C15H26N6O2/c1-15(2,3)21-13-17-8-11(16)12(20-13)18-9-4-6-10(7-5-9)19-14(22)23/h8-10,19H,4-7,16H2,1-3H3,(H,22,23)(H2,17,18,20,21)/t9-,10-. The van der Waals surface area contributed by atoms with Crippen molar-refractivity contribution in [2.45, 2.75) is 64.1 Å². The number of aromatic nitrogens is 2. The minimum Gasteiger partial charge on any atom is -0.465 e. The van der Waals surface area contributed by atoms with Gasteiger partial charge in [-0.05, 0) is 46.5 Å². The van der Waals surface area contributed by atoms with Gasteiger partial charge in [0.25, 0.3) is 0 Å². The van der Waals surface area contributed by atoms with Crippen molar-refractivity contribution in [2.75, 3.05) is 16.4 Å². The molecule has 8 heteroatoms. The van der Waals surface area contributed by atoms with Gasteiger partial charge in [-0.1, -0.05) is 0 Å². The first-order valence-corrected chi connectivity index (χ1v) is 7.89. The van der Waals surface area contributed by atoms with Crippen LogP contribution in [0.25, 0.3) is 0 Å². The summed E-state index contributed by atoms with van der Waals surface area (Å²) in [6, 6.07) is 0.271. The van der Waals surface area contributed by atoms with E-state index in [9.17, 15) is 4.79 Å². The summed E-state index contributed by atoms with van der Waals surface area (Å²) in [4.78, 5) is 19.3. The van der Waals surface area contributed by atoms with Crippen LogP contribution in [0.5, 0.6) is 0 Å². The van der Waals surface area contributed by atoms with Crippen LogP contribution in [0.4, 0.5) is 22.2 Å². The number of carboxylic acid groups (broad SMARTS) is 1. The molecule has 0 bridgehead atoms. The molecule has 1 heterocycles. The van der Waals surface area contributed by atoms with E-state index in [2.05, 4.69) is 25.9 Å². The molecule has 23 heavy (non-hydrogen) atoms. The lowest BCUT2D eigenvalue weighted by Gasteiger charge is -2.29. The molecule has 0 spiro atoms. The van der Waals surface area contributed by atoms with Gasteiger partial charge in [-0.3, -0.25) is 0 Å². The lowest BCUT2D eigenvalue weighted by Crippen LogP contribution is -2.39. The second kappa shape index (κ2) is 6.89. The van der Waals surface area contributed by atoms with Gasteiger partial charge in [0.15, 0.2) is 5.82 Å². The third kappa shape index (κ3) is 5.46. The molecule has 1 aromatic rings. The van der Waals surface area contributed by atoms with Gasteiger partial charge in [-0.25, -0.2) is 9.78 Å². The summed E-state index contributed by atoms with van der Waals surface area (Å²) in [5.41, 5.74) is 6.34. The molecule has 1 saturated carbocycles. The molecule has 8 nitrogen and oxygen atoms in total. The van der Waals surface area contributed by atoms with Crippen LogP contribution in [-0.4, -0.2) is 38.8 Å². The molecule has 0 unspecified atom stereocenters. The second-order valence-electron chi connectivity index (χ2n) is 7.01. The van der Waals surface area contributed by atoms with Crippen LogP contribution >= 0.6 is 0 Å². The van der Waals surface area contributed by atoms with E-state index in [4.69, 9.17) is 10.8 Å². The number of nitrogen functional groups attached to an aromatic ring is 1. The van der Waals surface area contributed by atoms with E-state index < -0.39 is 6.09 Å². The topological polar surface area (TPSA) is 125 Å². The Labute approximate surface area is 136 Å². The smallest absolute Gasteiger partial charge is 0.404 e. The van der Waals surface area contributed by atoms with Gasteiger partial charge >= 0.3 is 6.09 Å². The van der Waals surface area contributed by atoms with Crippen LogP contribution in [0.1, 0.15) is 46.5 Å². The molecular formula is C15H26N6O2. The number of carbonyl (C=O) groups is 1. The van der Waals surface area contributed by atoms with Gasteiger partial charge in [0, 0.05) is 17.6 Å². The highest BCUT2D eigenvalue weighted by Crippen LogP contribution is 2.25. The lowest BCUT2D eigenvalue weighted by atomic mass is 9.91. The van der Waals surface area contributed by atoms with E-state index in [1.54, 1.807) is 6.20 Å². The third-order valence-corrected chi connectivity index (χ3v) is 3.70. The number of amides is 1. The maximum atomic E-state index is 10.7. The fourth-order valence-electron chi connectivity index (χ4n) is 2.65. The fraction of sp³-hybridized carbons (Fsp3) is 0.667. The van der Waals surface area contributed by atoms with Crippen LogP contribution < -0.4 is 21.7 Å². The Balaban J connectivity index is 1.95. The van der Waals surface area contributed by atoms with E-state index in [-0.39, 0.29) is 17.6 Å². The summed E-state index contributed by atoms with van der Waals surface area (Å²) < 4.78 is 0. The second-order valence-corrected chi connectivity index (χ2v) is 7.01. The van der Waals surface area contributed by atoms with Gasteiger partial charge in [-0.2, -0.15) is 4.98 Å². The summed E-state index contributed by atoms with van der Waals surface area (Å²) in [5.74, 6) is 1.16. The largest absolute Gasteiger partial charge is 0.465 e. The minimum atomic E-state index is -0.959. The molecule has 6 N–H and O–H groups in total. The van der Waals surface area contributed by atoms with E-state index >= 15 is 0 Å². The highest BCUT2D eigenvalue weighted by atomic mass is 16.4. The van der Waals surface area contributed by atoms with Crippen LogP contribution in [0, 0.1) is 0 Å². The van der Waals surface area contributed by atoms with Crippen LogP contribution in [0.15, 0.2) is 6.20 Å². The first-order chi connectivity index (χ1) is 10.7. The Hall–Kier alpha value is -2.25. The Morgan fingerprint density at radius 1 is 1.26 bits per heavy atom. The quantitative estimate of drug-likeness (QED) is 0.575. The van der Waals surface area contributed by atoms with Crippen molar-refractivity contribution >= 4 is 23.5 Å². The Kier molecular flexibility index (Phi) is 5.12. The first-order valence-electron chi connectivity index (χ1n) is 7.89. The van der Waals surface area contributed by atoms with Crippen LogP contribution in [-0.2, 0) is 0 Å². The Bertz CT molecular complexity index is 549. The van der Waals surface area contributed by atoms with Gasteiger partial charge in [0.2, 0.25) is 5.95 Å². The SMILES string of the molecule is CC(C)(C)Nc1ncc(N)c(N[C@H]2CC[C@H](NC(=O)O)CC2)n1. The monoisotopic (exact) mass is 322 g/mol. The molecule has 1 amide bonds. The van der Waals surface area contributed by atoms with Crippen LogP contribution in [0.3, 0.4) is 0 Å². The lowest BCUT2D eigenvalue weighted by molar-refractivity contribution is 0.185. The van der Waals surface area contributed by atoms with E-state index in [0.29, 0.717) is 17.5 Å². The van der Waals surface area contributed by atoms with Gasteiger partial charge < -0.3 is 26.8 Å². The zero-order chi connectivity index (χ0) is 17.0. The molecule has 128 valence electrons. The normalized spacial score (nSPS) is 21.5. The summed E-state index contributed by atoms with van der Waals surface area (Å²) in [7, 11) is 0. The molecule has 2 rings (SSSR count). The van der Waals surface area contributed by atoms with Crippen molar-refractivity contribution < 1.29 is 9.90 Å². The zero-order valence-corrected chi connectivity index (χ0v) is 13.9. The zero-order valence-electron chi connectivity index (χ0n) is 13.9. The predicted octanol–water partition coefficient (Wildman–Crippen LogP) is 2.26. The Morgan fingerprint density at radius 3 is 2.43 bits per heavy atom. The van der Waals surface area contributed by atoms with Gasteiger partial charge in [0.1, 0.15) is 0 Å². The summed E-state index contributed by atoms with van der Waals surface area (Å²) in [5, 5.41) is 17.9. The Morgan fingerprint density at radius 2 is 1.87 bits per heavy atom. The molecular weight excluding hydrogens is 296 g/mol. The van der Waals surface area contributed by atoms with Crippen molar-refractivity contribution in [2.24, 2.45) is 0 Å². The number of anilines is 3. The van der Waals surface area contributed by atoms with Crippen molar-refractivity contribution in [1.82, 2.24) is 15.3 Å². The number of nitrogens with two attached hydrogens (primary N) is 1. The number of nitrogens with zero attached hydrogens (tertiary/aromatic N) is 2. The average Bonchev–Trinajstić information content (AvgIpc) is 2.42. The van der Waals surface area contributed by atoms with Crippen molar-refractivity contribution in [3.63, 3.8) is 0 Å². The predicted molar refractivity (Wildman–Crippen MR) is 90.6 cm³/mol. The molecule has 1 aliphatic carbocycles. The number of hydrogen-bond acceptors (Lipinski definition) is 6. The van der Waals surface area contributed by atoms with Crippen molar-refractivity contribution in [1.29, 1.82) is 0 Å². The third-order valence-electron chi connectivity index (χ3n) is 3.70. The number of nitrogens with one attached hydrogen (secondary N) is 3. The minimum absolute atomic E-state index is 0.0337. The molecule has 0 atom stereocenters. The van der Waals surface area contributed by atoms with E-state index in [1.807, 2.05) is 20.8 Å². The molecule has 1 fully saturated rings. The van der Waals surface area contributed by atoms with Crippen LogP contribution in [0.2, 0.25) is 0 Å². The summed E-state index contributed by atoms with van der Waals surface area (Å²) in [6.07, 6.45) is 4.00.